The lowest BCUT2D eigenvalue weighted by Gasteiger charge is -2.30. The van der Waals surface area contributed by atoms with E-state index in [0.717, 1.165) is 0 Å². The molecule has 0 radical (unpaired) electrons. The van der Waals surface area contributed by atoms with Crippen molar-refractivity contribution in [3.05, 3.63) is 24.4 Å². The van der Waals surface area contributed by atoms with Crippen molar-refractivity contribution in [2.75, 3.05) is 6.61 Å². The second-order valence-corrected chi connectivity index (χ2v) is 6.88. The van der Waals surface area contributed by atoms with Crippen LogP contribution in [0.3, 0.4) is 0 Å². The topological polar surface area (TPSA) is 79.3 Å². The molecule has 0 spiro atoms. The summed E-state index contributed by atoms with van der Waals surface area (Å²) >= 11 is 0. The molecule has 0 saturated carbocycles. The average Bonchev–Trinajstić information content (AvgIpc) is 2.28. The van der Waals surface area contributed by atoms with Crippen LogP contribution in [0, 0.1) is 5.41 Å². The lowest BCUT2D eigenvalue weighted by molar-refractivity contribution is 0.214. The SMILES string of the molecule is CC(C)(C)C(CCO)NS(=O)(=O)c1ccccn1. The van der Waals surface area contributed by atoms with Crippen LogP contribution in [0.25, 0.3) is 0 Å². The second kappa shape index (κ2) is 5.77. The van der Waals surface area contributed by atoms with Crippen molar-refractivity contribution in [3.63, 3.8) is 0 Å². The van der Waals surface area contributed by atoms with E-state index in [9.17, 15) is 8.42 Å². The van der Waals surface area contributed by atoms with Gasteiger partial charge >= 0.3 is 0 Å². The zero-order valence-electron chi connectivity index (χ0n) is 10.9. The molecule has 1 unspecified atom stereocenters. The third-order valence-corrected chi connectivity index (χ3v) is 4.06. The summed E-state index contributed by atoms with van der Waals surface area (Å²) < 4.78 is 26.8. The maximum atomic E-state index is 12.1. The number of aliphatic hydroxyl groups is 1. The first-order valence-electron chi connectivity index (χ1n) is 5.81. The Balaban J connectivity index is 2.94. The van der Waals surface area contributed by atoms with Gasteiger partial charge in [-0.25, -0.2) is 18.1 Å². The van der Waals surface area contributed by atoms with Crippen molar-refractivity contribution < 1.29 is 13.5 Å². The van der Waals surface area contributed by atoms with Gasteiger partial charge in [0.2, 0.25) is 0 Å². The predicted molar refractivity (Wildman–Crippen MR) is 69.5 cm³/mol. The van der Waals surface area contributed by atoms with Crippen LogP contribution in [0.15, 0.2) is 29.4 Å². The molecule has 6 heteroatoms. The first-order chi connectivity index (χ1) is 8.27. The molecule has 0 saturated heterocycles. The molecule has 1 aromatic heterocycles. The summed E-state index contributed by atoms with van der Waals surface area (Å²) in [6, 6.07) is 4.39. The van der Waals surface area contributed by atoms with Gasteiger partial charge < -0.3 is 5.11 Å². The standard InChI is InChI=1S/C12H20N2O3S/c1-12(2,3)10(7-9-15)14-18(16,17)11-6-4-5-8-13-11/h4-6,8,10,14-15H,7,9H2,1-3H3. The van der Waals surface area contributed by atoms with E-state index in [1.54, 1.807) is 12.1 Å². The lowest BCUT2D eigenvalue weighted by Crippen LogP contribution is -2.44. The van der Waals surface area contributed by atoms with E-state index in [0.29, 0.717) is 6.42 Å². The number of nitrogens with zero attached hydrogens (tertiary/aromatic N) is 1. The quantitative estimate of drug-likeness (QED) is 0.843. The third kappa shape index (κ3) is 4.04. The lowest BCUT2D eigenvalue weighted by atomic mass is 9.86. The van der Waals surface area contributed by atoms with Crippen molar-refractivity contribution in [2.24, 2.45) is 5.41 Å². The summed E-state index contributed by atoms with van der Waals surface area (Å²) in [5, 5.41) is 9.01. The van der Waals surface area contributed by atoms with Crippen LogP contribution >= 0.6 is 0 Å². The highest BCUT2D eigenvalue weighted by atomic mass is 32.2. The molecule has 2 N–H and O–H groups in total. The van der Waals surface area contributed by atoms with E-state index < -0.39 is 10.0 Å². The molecule has 0 amide bonds. The number of sulfonamides is 1. The maximum absolute atomic E-state index is 12.1. The van der Waals surface area contributed by atoms with Gasteiger partial charge in [-0.05, 0) is 24.0 Å². The van der Waals surface area contributed by atoms with Crippen LogP contribution in [0.5, 0.6) is 0 Å². The van der Waals surface area contributed by atoms with Crippen molar-refractivity contribution in [3.8, 4) is 0 Å². The minimum Gasteiger partial charge on any atom is -0.396 e. The van der Waals surface area contributed by atoms with Gasteiger partial charge in [0.25, 0.3) is 10.0 Å². The van der Waals surface area contributed by atoms with E-state index in [1.807, 2.05) is 20.8 Å². The van der Waals surface area contributed by atoms with Crippen LogP contribution in [0.2, 0.25) is 0 Å². The van der Waals surface area contributed by atoms with Crippen molar-refractivity contribution >= 4 is 10.0 Å². The Kier molecular flexibility index (Phi) is 4.84. The van der Waals surface area contributed by atoms with Gasteiger partial charge in [-0.15, -0.1) is 0 Å². The van der Waals surface area contributed by atoms with E-state index in [1.165, 1.54) is 12.3 Å². The minimum absolute atomic E-state index is 0.00260. The second-order valence-electron chi connectivity index (χ2n) is 5.22. The molecular weight excluding hydrogens is 252 g/mol. The molecule has 1 aromatic rings. The van der Waals surface area contributed by atoms with Crippen molar-refractivity contribution in [1.82, 2.24) is 9.71 Å². The molecule has 0 aliphatic rings. The highest BCUT2D eigenvalue weighted by Crippen LogP contribution is 2.23. The van der Waals surface area contributed by atoms with Gasteiger partial charge in [-0.2, -0.15) is 0 Å². The number of aromatic nitrogens is 1. The van der Waals surface area contributed by atoms with Gasteiger partial charge in [0, 0.05) is 18.8 Å². The summed E-state index contributed by atoms with van der Waals surface area (Å²) in [6.45, 7) is 5.71. The Morgan fingerprint density at radius 3 is 2.50 bits per heavy atom. The number of pyridine rings is 1. The molecule has 1 rings (SSSR count). The highest BCUT2D eigenvalue weighted by Gasteiger charge is 2.29. The molecule has 0 aliphatic carbocycles. The van der Waals surface area contributed by atoms with Crippen LogP contribution < -0.4 is 4.72 Å². The molecule has 102 valence electrons. The normalized spacial score (nSPS) is 14.4. The number of nitrogens with one attached hydrogen (secondary N) is 1. The molecule has 0 bridgehead atoms. The van der Waals surface area contributed by atoms with Crippen LogP contribution in [-0.4, -0.2) is 31.2 Å². The molecule has 1 heterocycles. The molecule has 18 heavy (non-hydrogen) atoms. The van der Waals surface area contributed by atoms with Gasteiger partial charge in [0.15, 0.2) is 5.03 Å². The van der Waals surface area contributed by atoms with Gasteiger partial charge in [0.1, 0.15) is 0 Å². The maximum Gasteiger partial charge on any atom is 0.258 e. The van der Waals surface area contributed by atoms with Crippen molar-refractivity contribution in [1.29, 1.82) is 0 Å². The highest BCUT2D eigenvalue weighted by molar-refractivity contribution is 7.89. The summed E-state index contributed by atoms with van der Waals surface area (Å²) in [5.74, 6) is 0. The zero-order chi connectivity index (χ0) is 13.8. The number of rotatable bonds is 5. The Morgan fingerprint density at radius 2 is 2.06 bits per heavy atom. The minimum atomic E-state index is -3.64. The molecule has 0 aromatic carbocycles. The van der Waals surface area contributed by atoms with Crippen LogP contribution in [0.1, 0.15) is 27.2 Å². The molecule has 0 fully saturated rings. The third-order valence-electron chi connectivity index (χ3n) is 2.67. The summed E-state index contributed by atoms with van der Waals surface area (Å²) in [5.41, 5.74) is -0.273. The van der Waals surface area contributed by atoms with Crippen molar-refractivity contribution in [2.45, 2.75) is 38.3 Å². The predicted octanol–water partition coefficient (Wildman–Crippen LogP) is 1.16. The van der Waals surface area contributed by atoms with Crippen LogP contribution in [0.4, 0.5) is 0 Å². The molecule has 1 atom stereocenters. The summed E-state index contributed by atoms with van der Waals surface area (Å²) in [6.07, 6.45) is 1.81. The number of aliphatic hydroxyl groups excluding tert-OH is 1. The van der Waals surface area contributed by atoms with E-state index in [2.05, 4.69) is 9.71 Å². The fourth-order valence-corrected chi connectivity index (χ4v) is 2.98. The summed E-state index contributed by atoms with van der Waals surface area (Å²) in [7, 11) is -3.64. The van der Waals surface area contributed by atoms with E-state index in [4.69, 9.17) is 5.11 Å². The average molecular weight is 272 g/mol. The fraction of sp³-hybridized carbons (Fsp3) is 0.583. The molecule has 5 nitrogen and oxygen atoms in total. The molecular formula is C12H20N2O3S. The van der Waals surface area contributed by atoms with E-state index in [-0.39, 0.29) is 23.1 Å². The van der Waals surface area contributed by atoms with E-state index >= 15 is 0 Å². The Bertz CT molecular complexity index is 466. The smallest absolute Gasteiger partial charge is 0.258 e. The Labute approximate surface area is 108 Å². The van der Waals surface area contributed by atoms with Crippen LogP contribution in [-0.2, 0) is 10.0 Å². The zero-order valence-corrected chi connectivity index (χ0v) is 11.7. The first kappa shape index (κ1) is 15.1. The Morgan fingerprint density at radius 1 is 1.39 bits per heavy atom. The number of hydrogen-bond acceptors (Lipinski definition) is 4. The largest absolute Gasteiger partial charge is 0.396 e. The van der Waals surface area contributed by atoms with Gasteiger partial charge in [0.05, 0.1) is 0 Å². The van der Waals surface area contributed by atoms with Gasteiger partial charge in [-0.3, -0.25) is 0 Å². The summed E-state index contributed by atoms with van der Waals surface area (Å²) in [4.78, 5) is 3.83. The monoisotopic (exact) mass is 272 g/mol. The molecule has 0 aliphatic heterocycles. The number of hydrogen-bond donors (Lipinski definition) is 2. The Hall–Kier alpha value is -0.980. The first-order valence-corrected chi connectivity index (χ1v) is 7.30. The fourth-order valence-electron chi connectivity index (χ4n) is 1.55. The van der Waals surface area contributed by atoms with Gasteiger partial charge in [-0.1, -0.05) is 26.8 Å².